The molecule has 2 rings (SSSR count). The molecule has 4 nitrogen and oxygen atoms in total. The molecule has 1 aromatic carbocycles. The van der Waals surface area contributed by atoms with Crippen molar-refractivity contribution < 1.29 is 22.0 Å². The Morgan fingerprint density at radius 2 is 2.10 bits per heavy atom. The van der Waals surface area contributed by atoms with Crippen LogP contribution in [0.25, 0.3) is 0 Å². The minimum Gasteiger partial charge on any atom is -0.312 e. The van der Waals surface area contributed by atoms with E-state index in [9.17, 15) is 22.0 Å². The topological polar surface area (TPSA) is 63.2 Å². The quantitative estimate of drug-likeness (QED) is 0.896. The summed E-state index contributed by atoms with van der Waals surface area (Å²) in [4.78, 5) is 11.8. The van der Waals surface area contributed by atoms with Gasteiger partial charge in [0.2, 0.25) is 0 Å². The summed E-state index contributed by atoms with van der Waals surface area (Å²) in [6, 6.07) is 2.50. The van der Waals surface area contributed by atoms with E-state index in [0.717, 1.165) is 18.2 Å². The van der Waals surface area contributed by atoms with Crippen molar-refractivity contribution in [2.45, 2.75) is 18.9 Å². The molecule has 0 aromatic heterocycles. The predicted octanol–water partition coefficient (Wildman–Crippen LogP) is 0.853. The zero-order chi connectivity index (χ0) is 14.8. The lowest BCUT2D eigenvalue weighted by Gasteiger charge is -2.23. The zero-order valence-corrected chi connectivity index (χ0v) is 11.6. The summed E-state index contributed by atoms with van der Waals surface area (Å²) in [5, 5.41) is 2.95. The fraction of sp³-hybridized carbons (Fsp3) is 0.462. The first kappa shape index (κ1) is 15.1. The highest BCUT2D eigenvalue weighted by Crippen LogP contribution is 2.13. The van der Waals surface area contributed by atoms with Crippen LogP contribution in [0.5, 0.6) is 0 Å². The highest BCUT2D eigenvalue weighted by molar-refractivity contribution is 7.91. The first-order valence-corrected chi connectivity index (χ1v) is 8.07. The van der Waals surface area contributed by atoms with Crippen LogP contribution in [0, 0.1) is 11.6 Å². The molecule has 1 heterocycles. The molecule has 0 amide bonds. The van der Waals surface area contributed by atoms with E-state index in [0.29, 0.717) is 6.54 Å². The third kappa shape index (κ3) is 4.08. The molecule has 0 aliphatic carbocycles. The Balaban J connectivity index is 1.97. The van der Waals surface area contributed by atoms with Gasteiger partial charge in [-0.2, -0.15) is 0 Å². The van der Waals surface area contributed by atoms with E-state index in [2.05, 4.69) is 5.32 Å². The summed E-state index contributed by atoms with van der Waals surface area (Å²) in [5.41, 5.74) is -0.00586. The van der Waals surface area contributed by atoms with E-state index < -0.39 is 27.5 Å². The molecule has 20 heavy (non-hydrogen) atoms. The predicted molar refractivity (Wildman–Crippen MR) is 70.1 cm³/mol. The molecule has 0 bridgehead atoms. The minimum absolute atomic E-state index is 0.00478. The molecular weight excluding hydrogens is 288 g/mol. The molecule has 1 unspecified atom stereocenters. The SMILES string of the molecule is O=C(Cc1cc(F)ccc1F)CC1CS(=O)(=O)CCN1. The van der Waals surface area contributed by atoms with Gasteiger partial charge in [-0.25, -0.2) is 17.2 Å². The fourth-order valence-electron chi connectivity index (χ4n) is 2.24. The number of ketones is 1. The molecule has 1 atom stereocenters. The Bertz CT molecular complexity index is 616. The standard InChI is InChI=1S/C13H15F2NO3S/c14-10-1-2-13(15)9(5-10)6-12(17)7-11-8-20(18,19)4-3-16-11/h1-2,5,11,16H,3-4,6-8H2. The van der Waals surface area contributed by atoms with E-state index >= 15 is 0 Å². The summed E-state index contributed by atoms with van der Waals surface area (Å²) in [7, 11) is -3.11. The number of hydrogen-bond donors (Lipinski definition) is 1. The lowest BCUT2D eigenvalue weighted by molar-refractivity contribution is -0.118. The van der Waals surface area contributed by atoms with Crippen LogP contribution in [0.15, 0.2) is 18.2 Å². The second-order valence-electron chi connectivity index (χ2n) is 4.92. The minimum atomic E-state index is -3.11. The van der Waals surface area contributed by atoms with Crippen LogP contribution in [-0.4, -0.2) is 38.3 Å². The number of Topliss-reactive ketones (excluding diaryl/α,β-unsaturated/α-hetero) is 1. The van der Waals surface area contributed by atoms with Gasteiger partial charge < -0.3 is 5.32 Å². The Morgan fingerprint density at radius 1 is 1.35 bits per heavy atom. The van der Waals surface area contributed by atoms with Crippen LogP contribution in [0.1, 0.15) is 12.0 Å². The molecule has 1 aliphatic rings. The van der Waals surface area contributed by atoms with Crippen molar-refractivity contribution in [1.82, 2.24) is 5.32 Å². The number of sulfone groups is 1. The summed E-state index contributed by atoms with van der Waals surface area (Å²) < 4.78 is 49.3. The van der Waals surface area contributed by atoms with Gasteiger partial charge >= 0.3 is 0 Å². The molecule has 110 valence electrons. The smallest absolute Gasteiger partial charge is 0.153 e. The van der Waals surface area contributed by atoms with Crippen LogP contribution in [0.4, 0.5) is 8.78 Å². The van der Waals surface area contributed by atoms with Crippen LogP contribution >= 0.6 is 0 Å². The van der Waals surface area contributed by atoms with E-state index in [1.54, 1.807) is 0 Å². The van der Waals surface area contributed by atoms with E-state index in [4.69, 9.17) is 0 Å². The first-order valence-electron chi connectivity index (χ1n) is 6.25. The van der Waals surface area contributed by atoms with Crippen LogP contribution in [0.3, 0.4) is 0 Å². The van der Waals surface area contributed by atoms with Crippen molar-refractivity contribution in [3.63, 3.8) is 0 Å². The molecule has 1 fully saturated rings. The third-order valence-electron chi connectivity index (χ3n) is 3.17. The van der Waals surface area contributed by atoms with E-state index in [1.165, 1.54) is 0 Å². The van der Waals surface area contributed by atoms with Gasteiger partial charge in [-0.3, -0.25) is 4.79 Å². The highest BCUT2D eigenvalue weighted by Gasteiger charge is 2.26. The van der Waals surface area contributed by atoms with Crippen molar-refractivity contribution >= 4 is 15.6 Å². The van der Waals surface area contributed by atoms with Gasteiger partial charge in [-0.15, -0.1) is 0 Å². The Labute approximate surface area is 116 Å². The molecule has 1 aliphatic heterocycles. The summed E-state index contributed by atoms with van der Waals surface area (Å²) in [6.45, 7) is 0.314. The number of nitrogens with one attached hydrogen (secondary N) is 1. The maximum absolute atomic E-state index is 13.4. The van der Waals surface area contributed by atoms with E-state index in [-0.39, 0.29) is 35.7 Å². The molecule has 7 heteroatoms. The number of rotatable bonds is 4. The average Bonchev–Trinajstić information content (AvgIpc) is 2.32. The van der Waals surface area contributed by atoms with Crippen LogP contribution in [0.2, 0.25) is 0 Å². The lowest BCUT2D eigenvalue weighted by atomic mass is 10.0. The number of carbonyl (C=O) groups excluding carboxylic acids is 1. The second kappa shape index (κ2) is 5.97. The van der Waals surface area contributed by atoms with Gasteiger partial charge in [0.15, 0.2) is 9.84 Å². The normalized spacial score (nSPS) is 21.6. The van der Waals surface area contributed by atoms with Crippen molar-refractivity contribution in [2.24, 2.45) is 0 Å². The fourth-order valence-corrected chi connectivity index (χ4v) is 3.68. The first-order chi connectivity index (χ1) is 9.35. The lowest BCUT2D eigenvalue weighted by Crippen LogP contribution is -2.46. The zero-order valence-electron chi connectivity index (χ0n) is 10.7. The molecule has 1 N–H and O–H groups in total. The largest absolute Gasteiger partial charge is 0.312 e. The Kier molecular flexibility index (Phi) is 4.49. The average molecular weight is 303 g/mol. The highest BCUT2D eigenvalue weighted by atomic mass is 32.2. The Morgan fingerprint density at radius 3 is 2.80 bits per heavy atom. The van der Waals surface area contributed by atoms with Crippen molar-refractivity contribution in [3.05, 3.63) is 35.4 Å². The molecule has 0 radical (unpaired) electrons. The van der Waals surface area contributed by atoms with Gasteiger partial charge in [-0.05, 0) is 23.8 Å². The van der Waals surface area contributed by atoms with E-state index in [1.807, 2.05) is 0 Å². The summed E-state index contributed by atoms with van der Waals surface area (Å²) in [6.07, 6.45) is -0.239. The molecular formula is C13H15F2NO3S. The Hall–Kier alpha value is -1.34. The number of halogens is 2. The molecule has 0 saturated carbocycles. The maximum Gasteiger partial charge on any atom is 0.153 e. The van der Waals surface area contributed by atoms with Gasteiger partial charge in [-0.1, -0.05) is 0 Å². The van der Waals surface area contributed by atoms with Gasteiger partial charge in [0, 0.05) is 25.4 Å². The molecule has 0 spiro atoms. The van der Waals surface area contributed by atoms with Crippen LogP contribution < -0.4 is 5.32 Å². The van der Waals surface area contributed by atoms with Crippen molar-refractivity contribution in [2.75, 3.05) is 18.1 Å². The van der Waals surface area contributed by atoms with Crippen molar-refractivity contribution in [3.8, 4) is 0 Å². The number of benzene rings is 1. The molecule has 1 aromatic rings. The number of hydrogen-bond acceptors (Lipinski definition) is 4. The third-order valence-corrected chi connectivity index (χ3v) is 4.91. The monoisotopic (exact) mass is 303 g/mol. The summed E-state index contributed by atoms with van der Waals surface area (Å²) in [5.74, 6) is -1.58. The molecule has 1 saturated heterocycles. The van der Waals surface area contributed by atoms with Gasteiger partial charge in [0.05, 0.1) is 11.5 Å². The second-order valence-corrected chi connectivity index (χ2v) is 7.15. The van der Waals surface area contributed by atoms with Crippen molar-refractivity contribution in [1.29, 1.82) is 0 Å². The number of carbonyl (C=O) groups is 1. The maximum atomic E-state index is 13.4. The van der Waals surface area contributed by atoms with Gasteiger partial charge in [0.25, 0.3) is 0 Å². The van der Waals surface area contributed by atoms with Gasteiger partial charge in [0.1, 0.15) is 17.4 Å². The summed E-state index contributed by atoms with van der Waals surface area (Å²) >= 11 is 0. The van der Waals surface area contributed by atoms with Crippen LogP contribution in [-0.2, 0) is 21.1 Å².